The van der Waals surface area contributed by atoms with Crippen molar-refractivity contribution in [3.8, 4) is 0 Å². The van der Waals surface area contributed by atoms with Gasteiger partial charge in [-0.3, -0.25) is 14.3 Å². The zero-order chi connectivity index (χ0) is 13.8. The lowest BCUT2D eigenvalue weighted by atomic mass is 10.2. The quantitative estimate of drug-likeness (QED) is 0.672. The van der Waals surface area contributed by atoms with Crippen molar-refractivity contribution >= 4 is 27.6 Å². The van der Waals surface area contributed by atoms with E-state index in [1.165, 1.54) is 24.3 Å². The van der Waals surface area contributed by atoms with Crippen LogP contribution in [-0.4, -0.2) is 31.2 Å². The number of anilines is 1. The average molecular weight is 272 g/mol. The summed E-state index contributed by atoms with van der Waals surface area (Å²) in [6, 6.07) is 5.81. The van der Waals surface area contributed by atoms with Crippen molar-refractivity contribution in [2.24, 2.45) is 5.73 Å². The molecule has 18 heavy (non-hydrogen) atoms. The van der Waals surface area contributed by atoms with Crippen LogP contribution in [0.25, 0.3) is 0 Å². The maximum atomic E-state index is 11.6. The summed E-state index contributed by atoms with van der Waals surface area (Å²) < 4.78 is 25.2. The molecule has 0 spiro atoms. The van der Waals surface area contributed by atoms with E-state index in [-0.39, 0.29) is 11.3 Å². The Labute approximate surface area is 104 Å². The minimum absolute atomic E-state index is 0.0244. The molecule has 1 aromatic rings. The maximum absolute atomic E-state index is 11.6. The summed E-state index contributed by atoms with van der Waals surface area (Å²) in [5.41, 5.74) is 5.15. The molecule has 0 radical (unpaired) electrons. The van der Waals surface area contributed by atoms with E-state index in [4.69, 9.17) is 10.8 Å². The number of carboxylic acid groups (broad SMARTS) is 1. The van der Waals surface area contributed by atoms with E-state index < -0.39 is 34.1 Å². The first-order chi connectivity index (χ1) is 8.32. The SMILES string of the molecule is NC(=O)c1ccccc1NS(=O)(=O)CCC(=O)O. The second-order valence-corrected chi connectivity index (χ2v) is 5.32. The molecule has 0 saturated heterocycles. The summed E-state index contributed by atoms with van der Waals surface area (Å²) in [5, 5.41) is 8.42. The highest BCUT2D eigenvalue weighted by molar-refractivity contribution is 7.92. The Kier molecular flexibility index (Phi) is 4.27. The smallest absolute Gasteiger partial charge is 0.304 e. The molecule has 0 aliphatic carbocycles. The molecule has 0 aliphatic heterocycles. The monoisotopic (exact) mass is 272 g/mol. The molecule has 1 rings (SSSR count). The standard InChI is InChI=1S/C10H12N2O5S/c11-10(15)7-3-1-2-4-8(7)12-18(16,17)6-5-9(13)14/h1-4,12H,5-6H2,(H2,11,15)(H,13,14). The topological polar surface area (TPSA) is 127 Å². The Bertz CT molecular complexity index is 567. The lowest BCUT2D eigenvalue weighted by Gasteiger charge is -2.09. The van der Waals surface area contributed by atoms with E-state index in [1.807, 2.05) is 0 Å². The van der Waals surface area contributed by atoms with Crippen LogP contribution < -0.4 is 10.5 Å². The van der Waals surface area contributed by atoms with Crippen LogP contribution >= 0.6 is 0 Å². The van der Waals surface area contributed by atoms with Crippen LogP contribution in [0.1, 0.15) is 16.8 Å². The Balaban J connectivity index is 2.90. The number of rotatable bonds is 6. The highest BCUT2D eigenvalue weighted by atomic mass is 32.2. The first kappa shape index (κ1) is 14.0. The molecule has 98 valence electrons. The summed E-state index contributed by atoms with van der Waals surface area (Å²) in [6.45, 7) is 0. The van der Waals surface area contributed by atoms with Crippen LogP contribution in [0.3, 0.4) is 0 Å². The van der Waals surface area contributed by atoms with Crippen molar-refractivity contribution in [1.29, 1.82) is 0 Å². The van der Waals surface area contributed by atoms with Gasteiger partial charge in [0.25, 0.3) is 5.91 Å². The highest BCUT2D eigenvalue weighted by Gasteiger charge is 2.16. The molecular weight excluding hydrogens is 260 g/mol. The maximum Gasteiger partial charge on any atom is 0.304 e. The highest BCUT2D eigenvalue weighted by Crippen LogP contribution is 2.16. The molecule has 1 amide bonds. The van der Waals surface area contributed by atoms with E-state index in [0.29, 0.717) is 0 Å². The number of hydrogen-bond acceptors (Lipinski definition) is 4. The van der Waals surface area contributed by atoms with Crippen LogP contribution in [0.4, 0.5) is 5.69 Å². The van der Waals surface area contributed by atoms with Gasteiger partial charge in [0.1, 0.15) is 0 Å². The molecule has 0 aromatic heterocycles. The van der Waals surface area contributed by atoms with Crippen molar-refractivity contribution in [3.05, 3.63) is 29.8 Å². The predicted molar refractivity (Wildman–Crippen MR) is 64.6 cm³/mol. The van der Waals surface area contributed by atoms with Crippen molar-refractivity contribution in [2.45, 2.75) is 6.42 Å². The minimum Gasteiger partial charge on any atom is -0.481 e. The zero-order valence-corrected chi connectivity index (χ0v) is 10.1. The fourth-order valence-electron chi connectivity index (χ4n) is 1.23. The van der Waals surface area contributed by atoms with Gasteiger partial charge in [0.05, 0.1) is 23.4 Å². The van der Waals surface area contributed by atoms with Crippen LogP contribution in [0.5, 0.6) is 0 Å². The lowest BCUT2D eigenvalue weighted by Crippen LogP contribution is -2.21. The summed E-state index contributed by atoms with van der Waals surface area (Å²) in [7, 11) is -3.82. The number of amides is 1. The number of nitrogens with two attached hydrogens (primary N) is 1. The molecule has 0 atom stereocenters. The van der Waals surface area contributed by atoms with E-state index in [1.54, 1.807) is 0 Å². The van der Waals surface area contributed by atoms with Crippen molar-refractivity contribution < 1.29 is 23.1 Å². The fraction of sp³-hybridized carbons (Fsp3) is 0.200. The van der Waals surface area contributed by atoms with Gasteiger partial charge in [-0.1, -0.05) is 12.1 Å². The number of para-hydroxylation sites is 1. The van der Waals surface area contributed by atoms with Gasteiger partial charge in [0, 0.05) is 0 Å². The van der Waals surface area contributed by atoms with Crippen LogP contribution in [0, 0.1) is 0 Å². The van der Waals surface area contributed by atoms with Gasteiger partial charge in [-0.25, -0.2) is 8.42 Å². The first-order valence-electron chi connectivity index (χ1n) is 4.93. The van der Waals surface area contributed by atoms with Crippen LogP contribution in [-0.2, 0) is 14.8 Å². The summed E-state index contributed by atoms with van der Waals surface area (Å²) in [6.07, 6.45) is -0.520. The van der Waals surface area contributed by atoms with Crippen molar-refractivity contribution in [3.63, 3.8) is 0 Å². The summed E-state index contributed by atoms with van der Waals surface area (Å²) in [5.74, 6) is -2.56. The third-order valence-electron chi connectivity index (χ3n) is 2.04. The average Bonchev–Trinajstić information content (AvgIpc) is 2.26. The number of sulfonamides is 1. The number of aliphatic carboxylic acids is 1. The van der Waals surface area contributed by atoms with Gasteiger partial charge in [-0.05, 0) is 12.1 Å². The second-order valence-electron chi connectivity index (χ2n) is 3.47. The molecule has 1 aromatic carbocycles. The third-order valence-corrected chi connectivity index (χ3v) is 3.32. The molecule has 0 fully saturated rings. The minimum atomic E-state index is -3.82. The summed E-state index contributed by atoms with van der Waals surface area (Å²) in [4.78, 5) is 21.4. The van der Waals surface area contributed by atoms with Gasteiger partial charge < -0.3 is 10.8 Å². The molecule has 0 unspecified atom stereocenters. The number of carbonyl (C=O) groups excluding carboxylic acids is 1. The molecule has 0 aliphatic rings. The van der Waals surface area contributed by atoms with E-state index in [2.05, 4.69) is 4.72 Å². The van der Waals surface area contributed by atoms with Gasteiger partial charge in [-0.2, -0.15) is 0 Å². The summed E-state index contributed by atoms with van der Waals surface area (Å²) >= 11 is 0. The largest absolute Gasteiger partial charge is 0.481 e. The number of carbonyl (C=O) groups is 2. The van der Waals surface area contributed by atoms with Gasteiger partial charge in [0.15, 0.2) is 0 Å². The molecule has 4 N–H and O–H groups in total. The van der Waals surface area contributed by atoms with Gasteiger partial charge in [-0.15, -0.1) is 0 Å². The number of nitrogens with one attached hydrogen (secondary N) is 1. The van der Waals surface area contributed by atoms with E-state index in [9.17, 15) is 18.0 Å². The Morgan fingerprint density at radius 2 is 1.89 bits per heavy atom. The van der Waals surface area contributed by atoms with Crippen molar-refractivity contribution in [1.82, 2.24) is 0 Å². The van der Waals surface area contributed by atoms with Crippen molar-refractivity contribution in [2.75, 3.05) is 10.5 Å². The molecule has 0 heterocycles. The van der Waals surface area contributed by atoms with E-state index >= 15 is 0 Å². The lowest BCUT2D eigenvalue weighted by molar-refractivity contribution is -0.136. The number of primary amides is 1. The second kappa shape index (κ2) is 5.50. The van der Waals surface area contributed by atoms with Gasteiger partial charge in [0.2, 0.25) is 10.0 Å². The van der Waals surface area contributed by atoms with E-state index in [0.717, 1.165) is 0 Å². The molecular formula is C10H12N2O5S. The van der Waals surface area contributed by atoms with Gasteiger partial charge >= 0.3 is 5.97 Å². The Hall–Kier alpha value is -2.09. The molecule has 7 nitrogen and oxygen atoms in total. The number of carboxylic acids is 1. The number of hydrogen-bond donors (Lipinski definition) is 3. The zero-order valence-electron chi connectivity index (χ0n) is 9.29. The predicted octanol–water partition coefficient (Wildman–Crippen LogP) is 0.00190. The Morgan fingerprint density at radius 1 is 1.28 bits per heavy atom. The normalized spacial score (nSPS) is 10.9. The molecule has 0 bridgehead atoms. The fourth-order valence-corrected chi connectivity index (χ4v) is 2.29. The Morgan fingerprint density at radius 3 is 2.44 bits per heavy atom. The third kappa shape index (κ3) is 4.06. The van der Waals surface area contributed by atoms with Crippen LogP contribution in [0.2, 0.25) is 0 Å². The van der Waals surface area contributed by atoms with Crippen LogP contribution in [0.15, 0.2) is 24.3 Å². The number of benzene rings is 1. The first-order valence-corrected chi connectivity index (χ1v) is 6.58. The molecule has 0 saturated carbocycles. The molecule has 8 heteroatoms.